The molecule has 0 aliphatic heterocycles. The number of halogens is 1. The Morgan fingerprint density at radius 1 is 1.22 bits per heavy atom. The average molecular weight is 432 g/mol. The van der Waals surface area contributed by atoms with E-state index in [1.54, 1.807) is 18.4 Å². The van der Waals surface area contributed by atoms with E-state index in [0.29, 0.717) is 6.54 Å². The summed E-state index contributed by atoms with van der Waals surface area (Å²) in [5, 5.41) is 6.45. The Labute approximate surface area is 171 Å². The van der Waals surface area contributed by atoms with Crippen LogP contribution in [0.4, 0.5) is 5.13 Å². The summed E-state index contributed by atoms with van der Waals surface area (Å²) in [7, 11) is -1.51. The Hall–Kier alpha value is -1.35. The number of ether oxygens (including phenoxy) is 1. The van der Waals surface area contributed by atoms with Crippen LogP contribution in [0.1, 0.15) is 25.7 Å². The lowest BCUT2D eigenvalue weighted by atomic mass is 9.85. The monoisotopic (exact) mass is 431 g/mol. The number of aromatic nitrogens is 1. The van der Waals surface area contributed by atoms with E-state index in [1.165, 1.54) is 6.26 Å². The Morgan fingerprint density at radius 3 is 2.59 bits per heavy atom. The zero-order chi connectivity index (χ0) is 18.6. The minimum absolute atomic E-state index is 0. The highest BCUT2D eigenvalue weighted by Gasteiger charge is 2.26. The van der Waals surface area contributed by atoms with E-state index in [1.807, 2.05) is 29.6 Å². The van der Waals surface area contributed by atoms with Crippen LogP contribution >= 0.6 is 23.7 Å². The molecule has 0 radical (unpaired) electrons. The molecule has 2 N–H and O–H groups in total. The van der Waals surface area contributed by atoms with Gasteiger partial charge in [-0.3, -0.25) is 0 Å². The molecule has 1 fully saturated rings. The summed E-state index contributed by atoms with van der Waals surface area (Å²) in [5.41, 5.74) is 1.98. The summed E-state index contributed by atoms with van der Waals surface area (Å²) >= 11 is 1.58. The second-order valence-corrected chi connectivity index (χ2v) is 9.37. The van der Waals surface area contributed by atoms with Crippen molar-refractivity contribution in [3.8, 4) is 17.0 Å². The number of benzene rings is 1. The van der Waals surface area contributed by atoms with Gasteiger partial charge in [0.1, 0.15) is 5.75 Å². The molecular weight excluding hydrogens is 406 g/mol. The number of nitrogens with one attached hydrogen (secondary N) is 2. The van der Waals surface area contributed by atoms with Gasteiger partial charge in [0.2, 0.25) is 10.0 Å². The first-order chi connectivity index (χ1) is 12.4. The molecule has 0 spiro atoms. The van der Waals surface area contributed by atoms with Gasteiger partial charge in [-0.2, -0.15) is 0 Å². The largest absolute Gasteiger partial charge is 0.497 e. The van der Waals surface area contributed by atoms with Crippen LogP contribution in [0.3, 0.4) is 0 Å². The molecule has 27 heavy (non-hydrogen) atoms. The smallest absolute Gasteiger partial charge is 0.208 e. The first kappa shape index (κ1) is 21.9. The molecule has 150 valence electrons. The maximum atomic E-state index is 11.4. The van der Waals surface area contributed by atoms with E-state index in [0.717, 1.165) is 47.8 Å². The molecule has 2 aromatic rings. The molecule has 9 heteroatoms. The number of anilines is 1. The minimum Gasteiger partial charge on any atom is -0.497 e. The second-order valence-electron chi connectivity index (χ2n) is 6.68. The molecule has 2 unspecified atom stereocenters. The van der Waals surface area contributed by atoms with Crippen LogP contribution in [0.15, 0.2) is 29.6 Å². The summed E-state index contributed by atoms with van der Waals surface area (Å²) in [4.78, 5) is 4.70. The highest BCUT2D eigenvalue weighted by atomic mass is 35.5. The van der Waals surface area contributed by atoms with Crippen molar-refractivity contribution in [1.29, 1.82) is 0 Å². The lowest BCUT2D eigenvalue weighted by molar-refractivity contribution is 0.325. The number of hydrogen-bond acceptors (Lipinski definition) is 6. The lowest BCUT2D eigenvalue weighted by Gasteiger charge is -2.32. The van der Waals surface area contributed by atoms with Gasteiger partial charge in [-0.1, -0.05) is 12.8 Å². The number of thiazole rings is 1. The van der Waals surface area contributed by atoms with E-state index in [9.17, 15) is 8.42 Å². The van der Waals surface area contributed by atoms with Gasteiger partial charge in [-0.25, -0.2) is 18.1 Å². The number of hydrogen-bond donors (Lipinski definition) is 2. The van der Waals surface area contributed by atoms with Gasteiger partial charge < -0.3 is 10.1 Å². The van der Waals surface area contributed by atoms with E-state index in [4.69, 9.17) is 9.72 Å². The Balaban J connectivity index is 0.00000261. The third-order valence-corrected chi connectivity index (χ3v) is 6.18. The summed E-state index contributed by atoms with van der Waals surface area (Å²) < 4.78 is 30.6. The zero-order valence-corrected chi connectivity index (χ0v) is 17.9. The SMILES string of the molecule is COc1ccc(-c2csc(NC3CCCCC3CNS(C)(=O)=O)n2)cc1.Cl. The molecule has 1 aliphatic carbocycles. The van der Waals surface area contributed by atoms with Crippen LogP contribution in [0.5, 0.6) is 5.75 Å². The quantitative estimate of drug-likeness (QED) is 0.697. The number of nitrogens with zero attached hydrogens (tertiary/aromatic N) is 1. The van der Waals surface area contributed by atoms with Crippen LogP contribution in [-0.2, 0) is 10.0 Å². The second kappa shape index (κ2) is 9.73. The molecule has 0 amide bonds. The van der Waals surface area contributed by atoms with Crippen molar-refractivity contribution < 1.29 is 13.2 Å². The number of methoxy groups -OCH3 is 1. The van der Waals surface area contributed by atoms with Crippen molar-refractivity contribution >= 4 is 38.9 Å². The highest BCUT2D eigenvalue weighted by Crippen LogP contribution is 2.31. The maximum Gasteiger partial charge on any atom is 0.208 e. The molecule has 1 aliphatic rings. The molecule has 3 rings (SSSR count). The summed E-state index contributed by atoms with van der Waals surface area (Å²) in [6.45, 7) is 0.479. The fraction of sp³-hybridized carbons (Fsp3) is 0.500. The van der Waals surface area contributed by atoms with Crippen LogP contribution in [0, 0.1) is 5.92 Å². The average Bonchev–Trinajstić information content (AvgIpc) is 3.09. The Bertz CT molecular complexity index is 825. The van der Waals surface area contributed by atoms with Crippen LogP contribution < -0.4 is 14.8 Å². The third kappa shape index (κ3) is 6.34. The lowest BCUT2D eigenvalue weighted by Crippen LogP contribution is -2.40. The van der Waals surface area contributed by atoms with Crippen molar-refractivity contribution in [2.75, 3.05) is 25.2 Å². The van der Waals surface area contributed by atoms with Crippen molar-refractivity contribution in [1.82, 2.24) is 9.71 Å². The fourth-order valence-corrected chi connectivity index (χ4v) is 4.59. The molecule has 1 saturated carbocycles. The summed E-state index contributed by atoms with van der Waals surface area (Å²) in [5.74, 6) is 1.11. The summed E-state index contributed by atoms with van der Waals surface area (Å²) in [6, 6.07) is 8.09. The molecule has 2 atom stereocenters. The predicted molar refractivity (Wildman–Crippen MR) is 114 cm³/mol. The zero-order valence-electron chi connectivity index (χ0n) is 15.5. The minimum atomic E-state index is -3.16. The maximum absolute atomic E-state index is 11.4. The topological polar surface area (TPSA) is 80.3 Å². The standard InChI is InChI=1S/C18H25N3O3S2.ClH/c1-24-15-9-7-13(8-10-15)17-12-25-18(21-17)20-16-6-4-3-5-14(16)11-19-26(2,22)23;/h7-10,12,14,16,19H,3-6,11H2,1-2H3,(H,20,21);1H. The Morgan fingerprint density at radius 2 is 1.93 bits per heavy atom. The number of rotatable bonds is 7. The fourth-order valence-electron chi connectivity index (χ4n) is 3.29. The summed E-state index contributed by atoms with van der Waals surface area (Å²) in [6.07, 6.45) is 5.57. The van der Waals surface area contributed by atoms with Crippen LogP contribution in [0.2, 0.25) is 0 Å². The van der Waals surface area contributed by atoms with Crippen LogP contribution in [-0.4, -0.2) is 39.4 Å². The molecular formula is C18H26ClN3O3S2. The van der Waals surface area contributed by atoms with Crippen molar-refractivity contribution in [2.24, 2.45) is 5.92 Å². The molecule has 1 aromatic carbocycles. The van der Waals surface area contributed by atoms with Gasteiger partial charge >= 0.3 is 0 Å². The van der Waals surface area contributed by atoms with Gasteiger partial charge in [0, 0.05) is 23.5 Å². The van der Waals surface area contributed by atoms with Gasteiger partial charge in [-0.05, 0) is 43.0 Å². The first-order valence-corrected chi connectivity index (χ1v) is 11.5. The van der Waals surface area contributed by atoms with Crippen LogP contribution in [0.25, 0.3) is 11.3 Å². The van der Waals surface area contributed by atoms with Gasteiger partial charge in [0.15, 0.2) is 5.13 Å². The predicted octanol–water partition coefficient (Wildman–Crippen LogP) is 3.76. The van der Waals surface area contributed by atoms with Crippen molar-refractivity contribution in [3.05, 3.63) is 29.6 Å². The molecule has 6 nitrogen and oxygen atoms in total. The molecule has 0 saturated heterocycles. The van der Waals surface area contributed by atoms with Gasteiger partial charge in [0.05, 0.1) is 19.1 Å². The van der Waals surface area contributed by atoms with E-state index in [2.05, 4.69) is 10.0 Å². The van der Waals surface area contributed by atoms with Crippen molar-refractivity contribution in [3.63, 3.8) is 0 Å². The normalized spacial score (nSPS) is 19.9. The molecule has 0 bridgehead atoms. The van der Waals surface area contributed by atoms with E-state index in [-0.39, 0.29) is 24.4 Å². The van der Waals surface area contributed by atoms with Gasteiger partial charge in [0.25, 0.3) is 0 Å². The highest BCUT2D eigenvalue weighted by molar-refractivity contribution is 7.88. The van der Waals surface area contributed by atoms with Gasteiger partial charge in [-0.15, -0.1) is 23.7 Å². The van der Waals surface area contributed by atoms with E-state index < -0.39 is 10.0 Å². The molecule has 1 heterocycles. The van der Waals surface area contributed by atoms with Crippen molar-refractivity contribution in [2.45, 2.75) is 31.7 Å². The third-order valence-electron chi connectivity index (χ3n) is 4.72. The van der Waals surface area contributed by atoms with E-state index >= 15 is 0 Å². The molecule has 1 aromatic heterocycles. The number of sulfonamides is 1. The Kier molecular flexibility index (Phi) is 7.91. The first-order valence-electron chi connectivity index (χ1n) is 8.76.